The van der Waals surface area contributed by atoms with Crippen LogP contribution in [0, 0.1) is 13.8 Å². The molecule has 2 aromatic heterocycles. The number of hydrogen-bond donors (Lipinski definition) is 1. The highest BCUT2D eigenvalue weighted by Crippen LogP contribution is 2.33. The predicted molar refractivity (Wildman–Crippen MR) is 115 cm³/mol. The van der Waals surface area contributed by atoms with Gasteiger partial charge < -0.3 is 14.6 Å². The number of aromatic nitrogens is 4. The Hall–Kier alpha value is -3.62. The molecule has 0 fully saturated rings. The maximum Gasteiger partial charge on any atom is 0.451 e. The van der Waals surface area contributed by atoms with Crippen LogP contribution in [0.5, 0.6) is 5.75 Å². The van der Waals surface area contributed by atoms with Crippen molar-refractivity contribution in [2.75, 3.05) is 18.1 Å². The Morgan fingerprint density at radius 1 is 0.969 bits per heavy atom. The van der Waals surface area contributed by atoms with Crippen molar-refractivity contribution in [2.24, 2.45) is 0 Å². The maximum atomic E-state index is 13.2. The molecule has 0 atom stereocenters. The van der Waals surface area contributed by atoms with Crippen LogP contribution in [0.2, 0.25) is 0 Å². The van der Waals surface area contributed by atoms with Gasteiger partial charge in [0.2, 0.25) is 5.82 Å². The average Bonchev–Trinajstić information content (AvgIpc) is 2.98. The van der Waals surface area contributed by atoms with Crippen LogP contribution in [0.4, 0.5) is 19.0 Å². The third-order valence-electron chi connectivity index (χ3n) is 5.39. The second-order valence-electron chi connectivity index (χ2n) is 7.84. The Morgan fingerprint density at radius 2 is 1.75 bits per heavy atom. The van der Waals surface area contributed by atoms with E-state index in [2.05, 4.69) is 19.9 Å². The summed E-state index contributed by atoms with van der Waals surface area (Å²) in [6.07, 6.45) is -4.60. The standard InChI is InChI=1S/C23H20F3N5O/c1-13-9-21(30-22(27-13)23(24,25)26)31-7-8-32-20-6-4-15(10-17(20)12-31)16-3-5-18-19(11-16)29-14(2)28-18/h3-6,9-11H,7-8,12H2,1-2H3,(H,28,29). The van der Waals surface area contributed by atoms with Crippen molar-refractivity contribution in [3.8, 4) is 16.9 Å². The van der Waals surface area contributed by atoms with Crippen molar-refractivity contribution in [1.29, 1.82) is 0 Å². The van der Waals surface area contributed by atoms with E-state index in [4.69, 9.17) is 4.74 Å². The summed E-state index contributed by atoms with van der Waals surface area (Å²) in [5.74, 6) is 0.675. The van der Waals surface area contributed by atoms with Gasteiger partial charge in [0.15, 0.2) is 0 Å². The number of fused-ring (bicyclic) bond motifs is 2. The lowest BCUT2D eigenvalue weighted by Gasteiger charge is -2.22. The first-order valence-electron chi connectivity index (χ1n) is 10.2. The molecule has 1 N–H and O–H groups in total. The molecular weight excluding hydrogens is 419 g/mol. The summed E-state index contributed by atoms with van der Waals surface area (Å²) in [7, 11) is 0. The monoisotopic (exact) mass is 439 g/mol. The van der Waals surface area contributed by atoms with Crippen LogP contribution in [0.15, 0.2) is 42.5 Å². The number of ether oxygens (including phenoxy) is 1. The number of aromatic amines is 1. The van der Waals surface area contributed by atoms with Gasteiger partial charge in [0.05, 0.1) is 17.6 Å². The van der Waals surface area contributed by atoms with E-state index in [9.17, 15) is 13.2 Å². The zero-order chi connectivity index (χ0) is 22.5. The number of nitrogens with one attached hydrogen (secondary N) is 1. The Balaban J connectivity index is 1.50. The van der Waals surface area contributed by atoms with Gasteiger partial charge in [-0.3, -0.25) is 0 Å². The molecule has 1 aliphatic rings. The number of H-pyrrole nitrogens is 1. The van der Waals surface area contributed by atoms with Crippen molar-refractivity contribution in [3.05, 3.63) is 65.4 Å². The molecule has 9 heteroatoms. The molecule has 0 amide bonds. The van der Waals surface area contributed by atoms with Gasteiger partial charge >= 0.3 is 6.18 Å². The van der Waals surface area contributed by atoms with E-state index in [-0.39, 0.29) is 11.5 Å². The molecule has 164 valence electrons. The van der Waals surface area contributed by atoms with Crippen LogP contribution in [-0.2, 0) is 12.7 Å². The fourth-order valence-corrected chi connectivity index (χ4v) is 3.93. The summed E-state index contributed by atoms with van der Waals surface area (Å²) in [5.41, 5.74) is 4.99. The number of anilines is 1. The Kier molecular flexibility index (Phi) is 4.76. The van der Waals surface area contributed by atoms with Crippen molar-refractivity contribution in [2.45, 2.75) is 26.6 Å². The molecule has 2 aromatic carbocycles. The molecule has 1 aliphatic heterocycles. The number of alkyl halides is 3. The largest absolute Gasteiger partial charge is 0.491 e. The first-order valence-corrected chi connectivity index (χ1v) is 10.2. The van der Waals surface area contributed by atoms with Crippen molar-refractivity contribution in [1.82, 2.24) is 19.9 Å². The van der Waals surface area contributed by atoms with Crippen molar-refractivity contribution < 1.29 is 17.9 Å². The first kappa shape index (κ1) is 20.3. The molecule has 0 saturated heterocycles. The van der Waals surface area contributed by atoms with Gasteiger partial charge in [-0.1, -0.05) is 12.1 Å². The summed E-state index contributed by atoms with van der Waals surface area (Å²) >= 11 is 0. The third kappa shape index (κ3) is 3.86. The minimum absolute atomic E-state index is 0.237. The molecule has 0 bridgehead atoms. The van der Waals surface area contributed by atoms with Gasteiger partial charge in [-0.05, 0) is 49.2 Å². The van der Waals surface area contributed by atoms with Crippen LogP contribution in [-0.4, -0.2) is 33.1 Å². The maximum absolute atomic E-state index is 13.2. The summed E-state index contributed by atoms with van der Waals surface area (Å²) < 4.78 is 45.5. The third-order valence-corrected chi connectivity index (χ3v) is 5.39. The SMILES string of the molecule is Cc1cc(N2CCOc3ccc(-c4ccc5nc(C)[nH]c5c4)cc3C2)nc(C(F)(F)F)n1. The first-order chi connectivity index (χ1) is 15.3. The van der Waals surface area contributed by atoms with Gasteiger partial charge in [-0.2, -0.15) is 13.2 Å². The van der Waals surface area contributed by atoms with Gasteiger partial charge in [-0.15, -0.1) is 0 Å². The van der Waals surface area contributed by atoms with E-state index < -0.39 is 12.0 Å². The highest BCUT2D eigenvalue weighted by Gasteiger charge is 2.35. The fraction of sp³-hybridized carbons (Fsp3) is 0.261. The van der Waals surface area contributed by atoms with Crippen molar-refractivity contribution >= 4 is 16.9 Å². The summed E-state index contributed by atoms with van der Waals surface area (Å²) in [5, 5.41) is 0. The molecule has 3 heterocycles. The lowest BCUT2D eigenvalue weighted by molar-refractivity contribution is -0.145. The molecule has 0 radical (unpaired) electrons. The van der Waals surface area contributed by atoms with Gasteiger partial charge in [-0.25, -0.2) is 15.0 Å². The molecule has 0 aliphatic carbocycles. The second kappa shape index (κ2) is 7.51. The number of hydrogen-bond acceptors (Lipinski definition) is 5. The number of rotatable bonds is 2. The summed E-state index contributed by atoms with van der Waals surface area (Å²) in [4.78, 5) is 16.8. The lowest BCUT2D eigenvalue weighted by Crippen LogP contribution is -2.27. The van der Waals surface area contributed by atoms with Crippen LogP contribution < -0.4 is 9.64 Å². The van der Waals surface area contributed by atoms with Crippen LogP contribution in [0.3, 0.4) is 0 Å². The van der Waals surface area contributed by atoms with E-state index >= 15 is 0 Å². The Morgan fingerprint density at radius 3 is 2.56 bits per heavy atom. The zero-order valence-corrected chi connectivity index (χ0v) is 17.5. The summed E-state index contributed by atoms with van der Waals surface area (Å²) in [6.45, 7) is 4.58. The zero-order valence-electron chi connectivity index (χ0n) is 17.5. The molecule has 0 spiro atoms. The number of benzene rings is 2. The van der Waals surface area contributed by atoms with Gasteiger partial charge in [0, 0.05) is 23.9 Å². The van der Waals surface area contributed by atoms with Crippen LogP contribution >= 0.6 is 0 Å². The lowest BCUT2D eigenvalue weighted by atomic mass is 10.0. The van der Waals surface area contributed by atoms with Gasteiger partial charge in [0.25, 0.3) is 0 Å². The topological polar surface area (TPSA) is 66.9 Å². The highest BCUT2D eigenvalue weighted by molar-refractivity contribution is 5.82. The molecular formula is C23H20F3N5O. The second-order valence-corrected chi connectivity index (χ2v) is 7.84. The molecule has 6 nitrogen and oxygen atoms in total. The summed E-state index contributed by atoms with van der Waals surface area (Å²) in [6, 6.07) is 13.5. The van der Waals surface area contributed by atoms with Gasteiger partial charge in [0.1, 0.15) is 24.0 Å². The number of aryl methyl sites for hydroxylation is 2. The molecule has 0 unspecified atom stereocenters. The van der Waals surface area contributed by atoms with E-state index in [1.165, 1.54) is 6.92 Å². The number of nitrogens with zero attached hydrogens (tertiary/aromatic N) is 4. The smallest absolute Gasteiger partial charge is 0.451 e. The normalized spacial score (nSPS) is 14.2. The minimum atomic E-state index is -4.60. The minimum Gasteiger partial charge on any atom is -0.491 e. The Bertz CT molecular complexity index is 1310. The molecule has 32 heavy (non-hydrogen) atoms. The predicted octanol–water partition coefficient (Wildman–Crippen LogP) is 5.05. The van der Waals surface area contributed by atoms with Crippen LogP contribution in [0.1, 0.15) is 22.9 Å². The van der Waals surface area contributed by atoms with E-state index in [0.29, 0.717) is 19.7 Å². The number of imidazole rings is 1. The van der Waals surface area contributed by atoms with E-state index in [0.717, 1.165) is 39.3 Å². The fourth-order valence-electron chi connectivity index (χ4n) is 3.93. The molecule has 4 aromatic rings. The van der Waals surface area contributed by atoms with E-state index in [1.807, 2.05) is 43.3 Å². The highest BCUT2D eigenvalue weighted by atomic mass is 19.4. The van der Waals surface area contributed by atoms with Crippen LogP contribution in [0.25, 0.3) is 22.2 Å². The average molecular weight is 439 g/mol. The van der Waals surface area contributed by atoms with Crippen molar-refractivity contribution in [3.63, 3.8) is 0 Å². The Labute approximate surface area is 182 Å². The molecule has 5 rings (SSSR count). The quantitative estimate of drug-likeness (QED) is 0.473. The van der Waals surface area contributed by atoms with E-state index in [1.54, 1.807) is 11.0 Å². The molecule has 0 saturated carbocycles. The number of halogens is 3.